The van der Waals surface area contributed by atoms with Gasteiger partial charge >= 0.3 is 6.36 Å². The van der Waals surface area contributed by atoms with Gasteiger partial charge in [0.15, 0.2) is 5.60 Å². The van der Waals surface area contributed by atoms with E-state index in [-0.39, 0.29) is 5.75 Å². The van der Waals surface area contributed by atoms with Crippen LogP contribution in [-0.4, -0.2) is 28.9 Å². The van der Waals surface area contributed by atoms with Crippen molar-refractivity contribution in [2.45, 2.75) is 31.3 Å². The number of rotatable bonds is 3. The Kier molecular flexibility index (Phi) is 4.50. The lowest BCUT2D eigenvalue weighted by Crippen LogP contribution is -2.48. The van der Waals surface area contributed by atoms with Crippen molar-refractivity contribution in [3.8, 4) is 17.2 Å². The molecule has 2 aliphatic heterocycles. The zero-order valence-electron chi connectivity index (χ0n) is 16.2. The largest absolute Gasteiger partial charge is 0.573 e. The SMILES string of the molecule is FC(F)(F)Oc1ccccc1CN1CCC2(CC1)Oc1ccccc1-n1cccc12. The fraction of sp³-hybridized carbons (Fsp3) is 0.304. The molecule has 0 N–H and O–H groups in total. The standard InChI is InChI=1S/C23H21F3N2O2/c24-23(25,26)30-19-8-3-1-6-17(19)16-27-14-11-22(12-15-27)21-10-5-13-28(21)18-7-2-4-9-20(18)29-22/h1-10,13H,11-12,14-16H2. The molecule has 1 aromatic heterocycles. The quantitative estimate of drug-likeness (QED) is 0.585. The van der Waals surface area contributed by atoms with E-state index in [0.29, 0.717) is 25.2 Å². The van der Waals surface area contributed by atoms with E-state index in [4.69, 9.17) is 4.74 Å². The summed E-state index contributed by atoms with van der Waals surface area (Å²) in [6, 6.07) is 18.4. The Balaban J connectivity index is 1.34. The number of halogens is 3. The van der Waals surface area contributed by atoms with Crippen LogP contribution in [0.2, 0.25) is 0 Å². The molecular formula is C23H21F3N2O2. The van der Waals surface area contributed by atoms with E-state index in [2.05, 4.69) is 26.5 Å². The van der Waals surface area contributed by atoms with Gasteiger partial charge in [-0.3, -0.25) is 4.90 Å². The number of aromatic nitrogens is 1. The molecule has 0 atom stereocenters. The number of likely N-dealkylation sites (tertiary alicyclic amines) is 1. The van der Waals surface area contributed by atoms with Crippen molar-refractivity contribution in [2.75, 3.05) is 13.1 Å². The zero-order chi connectivity index (χ0) is 20.8. The van der Waals surface area contributed by atoms with Crippen LogP contribution in [0.1, 0.15) is 24.1 Å². The van der Waals surface area contributed by atoms with Gasteiger partial charge < -0.3 is 14.0 Å². The fourth-order valence-corrected chi connectivity index (χ4v) is 4.50. The van der Waals surface area contributed by atoms with Gasteiger partial charge in [-0.25, -0.2) is 0 Å². The van der Waals surface area contributed by atoms with Gasteiger partial charge in [0.1, 0.15) is 11.5 Å². The van der Waals surface area contributed by atoms with Crippen molar-refractivity contribution >= 4 is 0 Å². The molecule has 0 radical (unpaired) electrons. The maximum atomic E-state index is 12.7. The van der Waals surface area contributed by atoms with Crippen molar-refractivity contribution < 1.29 is 22.6 Å². The van der Waals surface area contributed by atoms with Crippen LogP contribution >= 0.6 is 0 Å². The Morgan fingerprint density at radius 3 is 2.47 bits per heavy atom. The second-order valence-corrected chi connectivity index (χ2v) is 7.76. The van der Waals surface area contributed by atoms with E-state index in [9.17, 15) is 13.2 Å². The summed E-state index contributed by atoms with van der Waals surface area (Å²) in [5.74, 6) is 0.723. The summed E-state index contributed by atoms with van der Waals surface area (Å²) in [4.78, 5) is 2.15. The summed E-state index contributed by atoms with van der Waals surface area (Å²) in [6.45, 7) is 1.83. The van der Waals surface area contributed by atoms with Crippen molar-refractivity contribution in [1.82, 2.24) is 9.47 Å². The number of hydrogen-bond donors (Lipinski definition) is 0. The van der Waals surface area contributed by atoms with Crippen molar-refractivity contribution in [1.29, 1.82) is 0 Å². The molecule has 3 aromatic rings. The number of para-hydroxylation sites is 3. The number of ether oxygens (including phenoxy) is 2. The van der Waals surface area contributed by atoms with Gasteiger partial charge in [-0.2, -0.15) is 0 Å². The number of benzene rings is 2. The summed E-state index contributed by atoms with van der Waals surface area (Å²) in [7, 11) is 0. The van der Waals surface area contributed by atoms with Crippen LogP contribution in [0.5, 0.6) is 11.5 Å². The molecule has 2 aromatic carbocycles. The average molecular weight is 414 g/mol. The molecule has 4 nitrogen and oxygen atoms in total. The summed E-state index contributed by atoms with van der Waals surface area (Å²) in [5, 5.41) is 0. The molecule has 1 fully saturated rings. The highest BCUT2D eigenvalue weighted by Gasteiger charge is 2.43. The summed E-state index contributed by atoms with van der Waals surface area (Å²) >= 11 is 0. The first-order valence-electron chi connectivity index (χ1n) is 9.96. The van der Waals surface area contributed by atoms with Crippen LogP contribution in [-0.2, 0) is 12.1 Å². The predicted molar refractivity (Wildman–Crippen MR) is 106 cm³/mol. The van der Waals surface area contributed by atoms with Gasteiger partial charge in [0, 0.05) is 44.2 Å². The van der Waals surface area contributed by atoms with E-state index >= 15 is 0 Å². The molecule has 0 bridgehead atoms. The lowest BCUT2D eigenvalue weighted by atomic mass is 9.86. The third-order valence-electron chi connectivity index (χ3n) is 5.90. The lowest BCUT2D eigenvalue weighted by Gasteiger charge is -2.45. The Labute approximate surface area is 172 Å². The first-order valence-corrected chi connectivity index (χ1v) is 9.96. The minimum atomic E-state index is -4.70. The Morgan fingerprint density at radius 2 is 1.67 bits per heavy atom. The molecule has 156 valence electrons. The number of fused-ring (bicyclic) bond motifs is 4. The molecule has 5 rings (SSSR count). The lowest BCUT2D eigenvalue weighted by molar-refractivity contribution is -0.275. The Morgan fingerprint density at radius 1 is 0.933 bits per heavy atom. The number of hydrogen-bond acceptors (Lipinski definition) is 3. The number of nitrogens with zero attached hydrogens (tertiary/aromatic N) is 2. The molecule has 0 amide bonds. The molecule has 30 heavy (non-hydrogen) atoms. The minimum absolute atomic E-state index is 0.137. The van der Waals surface area contributed by atoms with E-state index < -0.39 is 12.0 Å². The van der Waals surface area contributed by atoms with Gasteiger partial charge in [-0.05, 0) is 30.3 Å². The molecule has 0 saturated carbocycles. The Bertz CT molecular complexity index is 1050. The zero-order valence-corrected chi connectivity index (χ0v) is 16.2. The fourth-order valence-electron chi connectivity index (χ4n) is 4.50. The molecule has 1 spiro atoms. The van der Waals surface area contributed by atoms with Gasteiger partial charge in [0.25, 0.3) is 0 Å². The topological polar surface area (TPSA) is 26.6 Å². The third kappa shape index (κ3) is 3.43. The first kappa shape index (κ1) is 19.1. The second kappa shape index (κ2) is 7.09. The van der Waals surface area contributed by atoms with E-state index in [1.54, 1.807) is 18.2 Å². The van der Waals surface area contributed by atoms with E-state index in [0.717, 1.165) is 30.0 Å². The van der Waals surface area contributed by atoms with Gasteiger partial charge in [0.05, 0.1) is 11.4 Å². The average Bonchev–Trinajstić information content (AvgIpc) is 3.22. The highest BCUT2D eigenvalue weighted by Crippen LogP contribution is 2.45. The Hall–Kier alpha value is -2.93. The molecule has 7 heteroatoms. The van der Waals surface area contributed by atoms with Gasteiger partial charge in [0.2, 0.25) is 0 Å². The second-order valence-electron chi connectivity index (χ2n) is 7.76. The maximum Gasteiger partial charge on any atom is 0.573 e. The van der Waals surface area contributed by atoms with Crippen LogP contribution in [0.4, 0.5) is 13.2 Å². The molecule has 2 aliphatic rings. The minimum Gasteiger partial charge on any atom is -0.479 e. The molecule has 3 heterocycles. The maximum absolute atomic E-state index is 12.7. The first-order chi connectivity index (χ1) is 14.4. The highest BCUT2D eigenvalue weighted by molar-refractivity contribution is 5.52. The van der Waals surface area contributed by atoms with Crippen molar-refractivity contribution in [3.05, 3.63) is 78.1 Å². The normalized spacial score (nSPS) is 17.8. The third-order valence-corrected chi connectivity index (χ3v) is 5.90. The summed E-state index contributed by atoms with van der Waals surface area (Å²) in [6.07, 6.45) is -1.13. The molecular weight excluding hydrogens is 393 g/mol. The predicted octanol–water partition coefficient (Wildman–Crippen LogP) is 5.26. The number of piperidine rings is 1. The molecule has 1 saturated heterocycles. The number of alkyl halides is 3. The smallest absolute Gasteiger partial charge is 0.479 e. The summed E-state index contributed by atoms with van der Waals surface area (Å²) < 4.78 is 51.0. The summed E-state index contributed by atoms with van der Waals surface area (Å²) in [5.41, 5.74) is 2.27. The highest BCUT2D eigenvalue weighted by atomic mass is 19.4. The molecule has 0 aliphatic carbocycles. The van der Waals surface area contributed by atoms with E-state index in [1.807, 2.05) is 30.3 Å². The van der Waals surface area contributed by atoms with Crippen LogP contribution < -0.4 is 9.47 Å². The van der Waals surface area contributed by atoms with Gasteiger partial charge in [-0.15, -0.1) is 13.2 Å². The van der Waals surface area contributed by atoms with Crippen molar-refractivity contribution in [3.63, 3.8) is 0 Å². The van der Waals surface area contributed by atoms with Crippen LogP contribution in [0.15, 0.2) is 66.9 Å². The van der Waals surface area contributed by atoms with Crippen LogP contribution in [0, 0.1) is 0 Å². The van der Waals surface area contributed by atoms with Gasteiger partial charge in [-0.1, -0.05) is 30.3 Å². The van der Waals surface area contributed by atoms with Crippen LogP contribution in [0.25, 0.3) is 5.69 Å². The van der Waals surface area contributed by atoms with Crippen LogP contribution in [0.3, 0.4) is 0 Å². The molecule has 0 unspecified atom stereocenters. The van der Waals surface area contributed by atoms with Crippen molar-refractivity contribution in [2.24, 2.45) is 0 Å². The monoisotopic (exact) mass is 414 g/mol. The van der Waals surface area contributed by atoms with E-state index in [1.165, 1.54) is 6.07 Å².